The number of methoxy groups -OCH3 is 1. The molecule has 5 aliphatic rings. The first-order chi connectivity index (χ1) is 14.8. The van der Waals surface area contributed by atoms with E-state index in [4.69, 9.17) is 4.74 Å². The molecule has 0 unspecified atom stereocenters. The van der Waals surface area contributed by atoms with Crippen LogP contribution >= 0.6 is 0 Å². The number of allylic oxidation sites excluding steroid dienone is 1. The van der Waals surface area contributed by atoms with Crippen LogP contribution in [-0.4, -0.2) is 13.2 Å². The van der Waals surface area contributed by atoms with Crippen LogP contribution in [0.4, 0.5) is 0 Å². The van der Waals surface area contributed by atoms with Crippen LogP contribution < -0.4 is 0 Å². The Bertz CT molecular complexity index is 781. The third kappa shape index (κ3) is 2.73. The molecule has 0 N–H and O–H groups in total. The summed E-state index contributed by atoms with van der Waals surface area (Å²) in [5.74, 6) is 4.22. The van der Waals surface area contributed by atoms with E-state index in [1.165, 1.54) is 69.8 Å². The minimum atomic E-state index is 0.294. The molecule has 5 fully saturated rings. The van der Waals surface area contributed by atoms with Crippen molar-refractivity contribution in [2.75, 3.05) is 7.11 Å². The molecule has 0 amide bonds. The summed E-state index contributed by atoms with van der Waals surface area (Å²) in [6.07, 6.45) is 14.6. The first-order valence-electron chi connectivity index (χ1n) is 14.0. The molecule has 5 aliphatic carbocycles. The Morgan fingerprint density at radius 2 is 1.47 bits per heavy atom. The van der Waals surface area contributed by atoms with E-state index >= 15 is 0 Å². The molecule has 182 valence electrons. The second-order valence-corrected chi connectivity index (χ2v) is 14.9. The predicted octanol–water partition coefficient (Wildman–Crippen LogP) is 8.68. The number of hydrogen-bond acceptors (Lipinski definition) is 1. The van der Waals surface area contributed by atoms with Gasteiger partial charge in [0.05, 0.1) is 6.10 Å². The van der Waals surface area contributed by atoms with Gasteiger partial charge in [-0.25, -0.2) is 0 Å². The molecule has 10 atom stereocenters. The van der Waals surface area contributed by atoms with Crippen molar-refractivity contribution >= 4 is 0 Å². The minimum absolute atomic E-state index is 0.294. The summed E-state index contributed by atoms with van der Waals surface area (Å²) < 4.78 is 6.05. The van der Waals surface area contributed by atoms with E-state index < -0.39 is 0 Å². The van der Waals surface area contributed by atoms with Gasteiger partial charge in [-0.2, -0.15) is 0 Å². The number of rotatable bonds is 2. The summed E-state index contributed by atoms with van der Waals surface area (Å²) in [4.78, 5) is 0. The highest BCUT2D eigenvalue weighted by molar-refractivity contribution is 5.21. The lowest BCUT2D eigenvalue weighted by molar-refractivity contribution is -0.248. The number of fused-ring (bicyclic) bond motifs is 7. The van der Waals surface area contributed by atoms with E-state index in [2.05, 4.69) is 55.0 Å². The molecule has 0 aliphatic heterocycles. The molecule has 0 aromatic rings. The Kier molecular flexibility index (Phi) is 5.21. The second-order valence-electron chi connectivity index (χ2n) is 14.9. The summed E-state index contributed by atoms with van der Waals surface area (Å²) >= 11 is 0. The first kappa shape index (κ1) is 23.4. The van der Waals surface area contributed by atoms with Crippen LogP contribution in [0.2, 0.25) is 0 Å². The second kappa shape index (κ2) is 7.11. The van der Waals surface area contributed by atoms with Gasteiger partial charge >= 0.3 is 0 Å². The summed E-state index contributed by atoms with van der Waals surface area (Å²) in [5.41, 5.74) is 3.79. The molecule has 0 aromatic carbocycles. The highest BCUT2D eigenvalue weighted by Gasteiger charge is 2.70. The zero-order valence-electron chi connectivity index (χ0n) is 22.7. The van der Waals surface area contributed by atoms with Gasteiger partial charge in [0.15, 0.2) is 0 Å². The molecule has 5 rings (SSSR count). The summed E-state index contributed by atoms with van der Waals surface area (Å²) in [7, 11) is 1.95. The van der Waals surface area contributed by atoms with Crippen LogP contribution in [-0.2, 0) is 4.74 Å². The van der Waals surface area contributed by atoms with Crippen LogP contribution in [0, 0.1) is 56.7 Å². The summed E-state index contributed by atoms with van der Waals surface area (Å²) in [6.45, 7) is 22.8. The Morgan fingerprint density at radius 3 is 2.12 bits per heavy atom. The van der Waals surface area contributed by atoms with Crippen molar-refractivity contribution in [3.8, 4) is 0 Å². The molecule has 32 heavy (non-hydrogen) atoms. The van der Waals surface area contributed by atoms with Crippen molar-refractivity contribution in [1.29, 1.82) is 0 Å². The monoisotopic (exact) mass is 440 g/mol. The molecule has 0 saturated heterocycles. The Hall–Kier alpha value is -0.300. The first-order valence-corrected chi connectivity index (χ1v) is 14.0. The molecule has 5 saturated carbocycles. The molecular weight excluding hydrogens is 388 g/mol. The normalized spacial score (nSPS) is 56.5. The van der Waals surface area contributed by atoms with E-state index in [1.54, 1.807) is 0 Å². The van der Waals surface area contributed by atoms with Crippen LogP contribution in [0.15, 0.2) is 12.2 Å². The molecule has 0 bridgehead atoms. The fraction of sp³-hybridized carbons (Fsp3) is 0.935. The van der Waals surface area contributed by atoms with Crippen molar-refractivity contribution in [3.05, 3.63) is 12.2 Å². The predicted molar refractivity (Wildman–Crippen MR) is 135 cm³/mol. The van der Waals surface area contributed by atoms with Gasteiger partial charge in [-0.05, 0) is 128 Å². The Balaban J connectivity index is 1.53. The van der Waals surface area contributed by atoms with Crippen molar-refractivity contribution in [3.63, 3.8) is 0 Å². The lowest BCUT2D eigenvalue weighted by atomic mass is 9.32. The van der Waals surface area contributed by atoms with Crippen LogP contribution in [0.3, 0.4) is 0 Å². The van der Waals surface area contributed by atoms with Gasteiger partial charge < -0.3 is 4.74 Å². The molecule has 0 radical (unpaired) electrons. The third-order valence-corrected chi connectivity index (χ3v) is 13.7. The van der Waals surface area contributed by atoms with Gasteiger partial charge in [-0.1, -0.05) is 53.7 Å². The van der Waals surface area contributed by atoms with Gasteiger partial charge in [-0.15, -0.1) is 0 Å². The molecule has 0 heterocycles. The highest BCUT2D eigenvalue weighted by atomic mass is 16.5. The molecule has 1 nitrogen and oxygen atoms in total. The van der Waals surface area contributed by atoms with E-state index in [-0.39, 0.29) is 0 Å². The highest BCUT2D eigenvalue weighted by Crippen LogP contribution is 2.77. The maximum atomic E-state index is 6.05. The number of ether oxygens (including phenoxy) is 1. The zero-order valence-corrected chi connectivity index (χ0v) is 22.7. The maximum absolute atomic E-state index is 6.05. The van der Waals surface area contributed by atoms with Gasteiger partial charge in [0, 0.05) is 7.11 Å². The van der Waals surface area contributed by atoms with Crippen LogP contribution in [0.5, 0.6) is 0 Å². The summed E-state index contributed by atoms with van der Waals surface area (Å²) in [6, 6.07) is 0. The van der Waals surface area contributed by atoms with Gasteiger partial charge in [-0.3, -0.25) is 0 Å². The van der Waals surface area contributed by atoms with Crippen molar-refractivity contribution in [1.82, 2.24) is 0 Å². The Morgan fingerprint density at radius 1 is 0.750 bits per heavy atom. The van der Waals surface area contributed by atoms with E-state index in [9.17, 15) is 0 Å². The van der Waals surface area contributed by atoms with Crippen LogP contribution in [0.1, 0.15) is 113 Å². The summed E-state index contributed by atoms with van der Waals surface area (Å²) in [5, 5.41) is 0. The molecule has 1 heteroatoms. The average molecular weight is 441 g/mol. The smallest absolute Gasteiger partial charge is 0.0625 e. The standard InChI is InChI=1S/C31H52O/c1-20(2)21-12-15-28(5)18-19-30(7)22(26(21)28)10-11-24-29(6)16-14-25(32-9)27(3,4)23(29)13-17-31(24,30)8/h21-26H,1,10-19H2,2-9H3/t21-,22-,23+,24-,25+,26-,28-,29+,30-,31-/m1/s1. The van der Waals surface area contributed by atoms with Crippen molar-refractivity contribution in [2.45, 2.75) is 119 Å². The molecular formula is C31H52O. The van der Waals surface area contributed by atoms with Gasteiger partial charge in [0.2, 0.25) is 0 Å². The quantitative estimate of drug-likeness (QED) is 0.390. The fourth-order valence-corrected chi connectivity index (χ4v) is 11.9. The molecule has 0 aromatic heterocycles. The largest absolute Gasteiger partial charge is 0.381 e. The average Bonchev–Trinajstić information content (AvgIpc) is 3.06. The number of hydrogen-bond donors (Lipinski definition) is 0. The maximum Gasteiger partial charge on any atom is 0.0625 e. The lowest BCUT2D eigenvalue weighted by Crippen LogP contribution is -2.66. The van der Waals surface area contributed by atoms with Gasteiger partial charge in [0.1, 0.15) is 0 Å². The van der Waals surface area contributed by atoms with Crippen molar-refractivity contribution < 1.29 is 4.74 Å². The molecule has 0 spiro atoms. The van der Waals surface area contributed by atoms with Crippen molar-refractivity contribution in [2.24, 2.45) is 56.7 Å². The van der Waals surface area contributed by atoms with Crippen LogP contribution in [0.25, 0.3) is 0 Å². The van der Waals surface area contributed by atoms with E-state index in [1.807, 2.05) is 7.11 Å². The minimum Gasteiger partial charge on any atom is -0.381 e. The third-order valence-electron chi connectivity index (χ3n) is 13.7. The SMILES string of the molecule is C=C(C)[C@H]1CC[C@]2(C)CC[C@]3(C)[C@H](CC[C@@H]4[C@@]5(C)CC[C@H](OC)C(C)(C)[C@@H]5CC[C@]43C)[C@@H]12. The topological polar surface area (TPSA) is 9.23 Å². The van der Waals surface area contributed by atoms with E-state index in [0.29, 0.717) is 33.2 Å². The Labute approximate surface area is 199 Å². The lowest BCUT2D eigenvalue weighted by Gasteiger charge is -2.73. The fourth-order valence-electron chi connectivity index (χ4n) is 11.9. The van der Waals surface area contributed by atoms with Gasteiger partial charge in [0.25, 0.3) is 0 Å². The zero-order chi connectivity index (χ0) is 23.3. The van der Waals surface area contributed by atoms with E-state index in [0.717, 1.165) is 29.6 Å².